The molecule has 0 aromatic carbocycles. The van der Waals surface area contributed by atoms with E-state index in [4.69, 9.17) is 4.42 Å². The molecule has 0 unspecified atom stereocenters. The van der Waals surface area contributed by atoms with Crippen LogP contribution in [0.1, 0.15) is 16.2 Å². The van der Waals surface area contributed by atoms with Crippen molar-refractivity contribution in [1.82, 2.24) is 9.97 Å². The average Bonchev–Trinajstić information content (AvgIpc) is 2.74. The SMILES string of the molecule is Cc1ncccc1NC(=O)c1cocn1. The van der Waals surface area contributed by atoms with Crippen molar-refractivity contribution in [1.29, 1.82) is 0 Å². The van der Waals surface area contributed by atoms with E-state index in [1.54, 1.807) is 18.3 Å². The average molecular weight is 203 g/mol. The van der Waals surface area contributed by atoms with Crippen molar-refractivity contribution in [3.63, 3.8) is 0 Å². The van der Waals surface area contributed by atoms with Crippen LogP contribution in [0.2, 0.25) is 0 Å². The summed E-state index contributed by atoms with van der Waals surface area (Å²) in [5.41, 5.74) is 1.68. The molecule has 0 radical (unpaired) electrons. The Labute approximate surface area is 86.2 Å². The number of nitrogens with one attached hydrogen (secondary N) is 1. The first kappa shape index (κ1) is 9.39. The van der Waals surface area contributed by atoms with Gasteiger partial charge in [-0.3, -0.25) is 9.78 Å². The van der Waals surface area contributed by atoms with Crippen molar-refractivity contribution < 1.29 is 9.21 Å². The van der Waals surface area contributed by atoms with Gasteiger partial charge in [0.05, 0.1) is 11.4 Å². The van der Waals surface area contributed by atoms with Crippen LogP contribution in [-0.2, 0) is 0 Å². The molecule has 2 rings (SSSR count). The fraction of sp³-hybridized carbons (Fsp3) is 0.100. The van der Waals surface area contributed by atoms with Crippen LogP contribution >= 0.6 is 0 Å². The Morgan fingerprint density at radius 2 is 2.33 bits per heavy atom. The number of hydrogen-bond acceptors (Lipinski definition) is 4. The van der Waals surface area contributed by atoms with Gasteiger partial charge in [0.1, 0.15) is 6.26 Å². The minimum atomic E-state index is -0.306. The molecule has 1 N–H and O–H groups in total. The Balaban J connectivity index is 2.17. The van der Waals surface area contributed by atoms with E-state index in [0.29, 0.717) is 5.69 Å². The maximum atomic E-state index is 11.6. The van der Waals surface area contributed by atoms with Crippen LogP contribution in [-0.4, -0.2) is 15.9 Å². The molecule has 2 aromatic heterocycles. The van der Waals surface area contributed by atoms with Gasteiger partial charge >= 0.3 is 0 Å². The first-order chi connectivity index (χ1) is 7.27. The van der Waals surface area contributed by atoms with Crippen molar-refractivity contribution in [2.45, 2.75) is 6.92 Å². The van der Waals surface area contributed by atoms with E-state index in [1.165, 1.54) is 12.7 Å². The van der Waals surface area contributed by atoms with Crippen molar-refractivity contribution in [3.8, 4) is 0 Å². The highest BCUT2D eigenvalue weighted by molar-refractivity contribution is 6.02. The summed E-state index contributed by atoms with van der Waals surface area (Å²) in [5.74, 6) is -0.306. The smallest absolute Gasteiger partial charge is 0.277 e. The van der Waals surface area contributed by atoms with Gasteiger partial charge in [-0.25, -0.2) is 4.98 Å². The summed E-state index contributed by atoms with van der Waals surface area (Å²) in [4.78, 5) is 19.4. The highest BCUT2D eigenvalue weighted by Gasteiger charge is 2.09. The third-order valence-electron chi connectivity index (χ3n) is 1.92. The minimum absolute atomic E-state index is 0.248. The third kappa shape index (κ3) is 2.01. The molecule has 5 nitrogen and oxygen atoms in total. The number of hydrogen-bond donors (Lipinski definition) is 1. The third-order valence-corrected chi connectivity index (χ3v) is 1.92. The monoisotopic (exact) mass is 203 g/mol. The molecule has 0 atom stereocenters. The number of amides is 1. The predicted octanol–water partition coefficient (Wildman–Crippen LogP) is 1.63. The van der Waals surface area contributed by atoms with Crippen LogP contribution in [0.25, 0.3) is 0 Å². The summed E-state index contributed by atoms with van der Waals surface area (Å²) < 4.78 is 4.72. The van der Waals surface area contributed by atoms with Crippen LogP contribution in [0.5, 0.6) is 0 Å². The number of aromatic nitrogens is 2. The lowest BCUT2D eigenvalue weighted by atomic mass is 10.3. The lowest BCUT2D eigenvalue weighted by Crippen LogP contribution is -2.13. The topological polar surface area (TPSA) is 68.0 Å². The lowest BCUT2D eigenvalue weighted by molar-refractivity contribution is 0.102. The van der Waals surface area contributed by atoms with Crippen molar-refractivity contribution in [3.05, 3.63) is 42.4 Å². The van der Waals surface area contributed by atoms with E-state index in [0.717, 1.165) is 5.69 Å². The molecule has 0 saturated carbocycles. The number of carbonyl (C=O) groups excluding carboxylic acids is 1. The van der Waals surface area contributed by atoms with Gasteiger partial charge in [0.15, 0.2) is 12.1 Å². The molecule has 0 aliphatic carbocycles. The largest absolute Gasteiger partial charge is 0.451 e. The summed E-state index contributed by atoms with van der Waals surface area (Å²) >= 11 is 0. The Kier molecular flexibility index (Phi) is 2.45. The zero-order valence-corrected chi connectivity index (χ0v) is 8.10. The molecule has 1 amide bonds. The number of anilines is 1. The molecule has 0 aliphatic heterocycles. The number of nitrogens with zero attached hydrogens (tertiary/aromatic N) is 2. The second-order valence-electron chi connectivity index (χ2n) is 2.96. The molecule has 2 heterocycles. The molecule has 15 heavy (non-hydrogen) atoms. The van der Waals surface area contributed by atoms with E-state index in [1.807, 2.05) is 6.92 Å². The van der Waals surface area contributed by atoms with Crippen LogP contribution in [0.15, 0.2) is 35.4 Å². The van der Waals surface area contributed by atoms with E-state index < -0.39 is 0 Å². The second-order valence-corrected chi connectivity index (χ2v) is 2.96. The normalized spacial score (nSPS) is 9.93. The molecule has 0 aliphatic rings. The van der Waals surface area contributed by atoms with Gasteiger partial charge in [-0.1, -0.05) is 0 Å². The maximum Gasteiger partial charge on any atom is 0.277 e. The Morgan fingerprint density at radius 1 is 1.47 bits per heavy atom. The Hall–Kier alpha value is -2.17. The van der Waals surface area contributed by atoms with Crippen LogP contribution < -0.4 is 5.32 Å². The van der Waals surface area contributed by atoms with Crippen LogP contribution in [0.3, 0.4) is 0 Å². The maximum absolute atomic E-state index is 11.6. The minimum Gasteiger partial charge on any atom is -0.451 e. The number of rotatable bonds is 2. The Bertz CT molecular complexity index is 465. The molecule has 0 bridgehead atoms. The highest BCUT2D eigenvalue weighted by Crippen LogP contribution is 2.11. The molecule has 0 spiro atoms. The number of carbonyl (C=O) groups is 1. The molecular formula is C10H9N3O2. The van der Waals surface area contributed by atoms with Gasteiger partial charge in [-0.05, 0) is 19.1 Å². The zero-order chi connectivity index (χ0) is 10.7. The summed E-state index contributed by atoms with van der Waals surface area (Å²) in [7, 11) is 0. The van der Waals surface area contributed by atoms with Gasteiger partial charge in [-0.2, -0.15) is 0 Å². The van der Waals surface area contributed by atoms with Gasteiger partial charge in [0, 0.05) is 6.20 Å². The molecule has 0 fully saturated rings. The van der Waals surface area contributed by atoms with Crippen LogP contribution in [0, 0.1) is 6.92 Å². The molecule has 0 saturated heterocycles. The summed E-state index contributed by atoms with van der Waals surface area (Å²) in [6.07, 6.45) is 4.17. The van der Waals surface area contributed by atoms with Gasteiger partial charge in [-0.15, -0.1) is 0 Å². The van der Waals surface area contributed by atoms with E-state index in [-0.39, 0.29) is 11.6 Å². The molecular weight excluding hydrogens is 194 g/mol. The quantitative estimate of drug-likeness (QED) is 0.805. The zero-order valence-electron chi connectivity index (χ0n) is 8.10. The molecule has 5 heteroatoms. The summed E-state index contributed by atoms with van der Waals surface area (Å²) in [6, 6.07) is 3.53. The standard InChI is InChI=1S/C10H9N3O2/c1-7-8(3-2-4-11-7)13-10(14)9-5-15-6-12-9/h2-6H,1H3,(H,13,14). The van der Waals surface area contributed by atoms with E-state index in [2.05, 4.69) is 15.3 Å². The number of pyridine rings is 1. The fourth-order valence-electron chi connectivity index (χ4n) is 1.13. The van der Waals surface area contributed by atoms with E-state index in [9.17, 15) is 4.79 Å². The van der Waals surface area contributed by atoms with E-state index >= 15 is 0 Å². The number of aryl methyl sites for hydroxylation is 1. The fourth-order valence-corrected chi connectivity index (χ4v) is 1.13. The van der Waals surface area contributed by atoms with Crippen molar-refractivity contribution >= 4 is 11.6 Å². The predicted molar refractivity (Wildman–Crippen MR) is 53.4 cm³/mol. The lowest BCUT2D eigenvalue weighted by Gasteiger charge is -2.04. The first-order valence-corrected chi connectivity index (χ1v) is 4.38. The second kappa shape index (κ2) is 3.91. The van der Waals surface area contributed by atoms with Gasteiger partial charge in [0.25, 0.3) is 5.91 Å². The summed E-state index contributed by atoms with van der Waals surface area (Å²) in [5, 5.41) is 2.69. The summed E-state index contributed by atoms with van der Waals surface area (Å²) in [6.45, 7) is 1.82. The highest BCUT2D eigenvalue weighted by atomic mass is 16.3. The van der Waals surface area contributed by atoms with Gasteiger partial charge in [0.2, 0.25) is 0 Å². The van der Waals surface area contributed by atoms with Gasteiger partial charge < -0.3 is 9.73 Å². The van der Waals surface area contributed by atoms with Crippen molar-refractivity contribution in [2.75, 3.05) is 5.32 Å². The number of oxazole rings is 1. The van der Waals surface area contributed by atoms with Crippen molar-refractivity contribution in [2.24, 2.45) is 0 Å². The Morgan fingerprint density at radius 3 is 3.00 bits per heavy atom. The molecule has 2 aromatic rings. The molecule has 76 valence electrons. The van der Waals surface area contributed by atoms with Crippen LogP contribution in [0.4, 0.5) is 5.69 Å². The first-order valence-electron chi connectivity index (χ1n) is 4.38.